The summed E-state index contributed by atoms with van der Waals surface area (Å²) in [4.78, 5) is 22.7. The van der Waals surface area contributed by atoms with Crippen molar-refractivity contribution < 1.29 is 14.6 Å². The number of morpholine rings is 1. The van der Waals surface area contributed by atoms with Crippen LogP contribution < -0.4 is 16.0 Å². The maximum atomic E-state index is 12.9. The summed E-state index contributed by atoms with van der Waals surface area (Å²) in [5.41, 5.74) is 5.90. The van der Waals surface area contributed by atoms with E-state index in [1.54, 1.807) is 0 Å². The topological polar surface area (TPSA) is 108 Å². The summed E-state index contributed by atoms with van der Waals surface area (Å²) in [6.07, 6.45) is 1.53. The molecule has 4 N–H and O–H groups in total. The third kappa shape index (κ3) is 5.63. The minimum absolute atomic E-state index is 0.0290. The lowest BCUT2D eigenvalue weighted by Gasteiger charge is -2.24. The molecule has 2 aliphatic heterocycles. The zero-order valence-corrected chi connectivity index (χ0v) is 20.6. The standard InChI is InChI=1S/C28H33N5O3/c1-18-5-6-21(14-23(18)33-28(35)20-7-9-29-10-8-20)24-15-25(26-16-30-11-12-36-26)32-27(31-24)22-4-2-3-19(13-22)17-34/h2-6,13-15,20,26,29-30,34H,7-12,16-17H2,1H3,(H,33,35). The molecule has 0 saturated carbocycles. The number of aryl methyl sites for hydroxylation is 1. The molecule has 36 heavy (non-hydrogen) atoms. The van der Waals surface area contributed by atoms with E-state index in [2.05, 4.69) is 16.0 Å². The van der Waals surface area contributed by atoms with Crippen LogP contribution in [0.25, 0.3) is 22.6 Å². The fraction of sp³-hybridized carbons (Fsp3) is 0.393. The van der Waals surface area contributed by atoms with E-state index in [0.717, 1.165) is 71.8 Å². The zero-order valence-electron chi connectivity index (χ0n) is 20.6. The van der Waals surface area contributed by atoms with Crippen LogP contribution in [-0.4, -0.2) is 53.8 Å². The minimum atomic E-state index is -0.176. The SMILES string of the molecule is Cc1ccc(-c2cc(C3CNCCO3)nc(-c3cccc(CO)c3)n2)cc1NC(=O)C1CCNCC1. The van der Waals surface area contributed by atoms with E-state index < -0.39 is 0 Å². The number of nitrogens with one attached hydrogen (secondary N) is 3. The van der Waals surface area contributed by atoms with Crippen molar-refractivity contribution in [2.75, 3.05) is 38.1 Å². The Morgan fingerprint density at radius 2 is 1.92 bits per heavy atom. The highest BCUT2D eigenvalue weighted by Gasteiger charge is 2.23. The lowest BCUT2D eigenvalue weighted by molar-refractivity contribution is -0.120. The number of hydrogen-bond donors (Lipinski definition) is 4. The minimum Gasteiger partial charge on any atom is -0.392 e. The van der Waals surface area contributed by atoms with Crippen molar-refractivity contribution in [3.63, 3.8) is 0 Å². The van der Waals surface area contributed by atoms with Gasteiger partial charge in [0, 0.05) is 35.8 Å². The average Bonchev–Trinajstić information content (AvgIpc) is 2.95. The first-order valence-corrected chi connectivity index (χ1v) is 12.6. The van der Waals surface area contributed by atoms with Crippen LogP contribution in [-0.2, 0) is 16.1 Å². The maximum absolute atomic E-state index is 12.9. The summed E-state index contributed by atoms with van der Waals surface area (Å²) in [5.74, 6) is 0.678. The number of rotatable bonds is 6. The molecule has 2 aromatic carbocycles. The number of carbonyl (C=O) groups excluding carboxylic acids is 1. The van der Waals surface area contributed by atoms with Gasteiger partial charge < -0.3 is 25.8 Å². The molecule has 8 heteroatoms. The first kappa shape index (κ1) is 24.5. The quantitative estimate of drug-likeness (QED) is 0.423. The van der Waals surface area contributed by atoms with Crippen LogP contribution in [0.2, 0.25) is 0 Å². The Morgan fingerprint density at radius 1 is 1.06 bits per heavy atom. The van der Waals surface area contributed by atoms with E-state index in [4.69, 9.17) is 14.7 Å². The molecule has 188 valence electrons. The van der Waals surface area contributed by atoms with Gasteiger partial charge in [-0.1, -0.05) is 30.3 Å². The molecule has 3 aromatic rings. The van der Waals surface area contributed by atoms with Crippen LogP contribution in [0.15, 0.2) is 48.5 Å². The van der Waals surface area contributed by atoms with Gasteiger partial charge in [0.1, 0.15) is 6.10 Å². The molecule has 5 rings (SSSR count). The molecule has 0 radical (unpaired) electrons. The highest BCUT2D eigenvalue weighted by Crippen LogP contribution is 2.30. The molecule has 0 spiro atoms. The van der Waals surface area contributed by atoms with Crippen LogP contribution in [0.3, 0.4) is 0 Å². The van der Waals surface area contributed by atoms with Crippen LogP contribution >= 0.6 is 0 Å². The van der Waals surface area contributed by atoms with Gasteiger partial charge in [-0.3, -0.25) is 4.79 Å². The molecule has 2 aliphatic rings. The summed E-state index contributed by atoms with van der Waals surface area (Å²) in [5, 5.41) is 19.5. The summed E-state index contributed by atoms with van der Waals surface area (Å²) < 4.78 is 6.00. The summed E-state index contributed by atoms with van der Waals surface area (Å²) in [7, 11) is 0. The number of aliphatic hydroxyl groups is 1. The Balaban J connectivity index is 1.51. The molecular weight excluding hydrogens is 454 g/mol. The van der Waals surface area contributed by atoms with Crippen molar-refractivity contribution in [3.8, 4) is 22.6 Å². The van der Waals surface area contributed by atoms with Crippen molar-refractivity contribution in [1.29, 1.82) is 0 Å². The predicted octanol–water partition coefficient (Wildman–Crippen LogP) is 3.21. The molecule has 1 atom stereocenters. The highest BCUT2D eigenvalue weighted by atomic mass is 16.5. The molecule has 1 aromatic heterocycles. The van der Waals surface area contributed by atoms with E-state index in [-0.39, 0.29) is 24.5 Å². The number of aromatic nitrogens is 2. The van der Waals surface area contributed by atoms with Gasteiger partial charge in [-0.2, -0.15) is 0 Å². The van der Waals surface area contributed by atoms with Crippen LogP contribution in [0.4, 0.5) is 5.69 Å². The first-order chi connectivity index (χ1) is 17.6. The third-order valence-corrected chi connectivity index (χ3v) is 6.87. The second-order valence-corrected chi connectivity index (χ2v) is 9.47. The van der Waals surface area contributed by atoms with E-state index in [9.17, 15) is 9.90 Å². The molecule has 0 bridgehead atoms. The third-order valence-electron chi connectivity index (χ3n) is 6.87. The number of benzene rings is 2. The van der Waals surface area contributed by atoms with Crippen LogP contribution in [0.5, 0.6) is 0 Å². The molecule has 0 aliphatic carbocycles. The molecular formula is C28H33N5O3. The second-order valence-electron chi connectivity index (χ2n) is 9.47. The molecule has 1 amide bonds. The van der Waals surface area contributed by atoms with Gasteiger partial charge in [0.25, 0.3) is 0 Å². The van der Waals surface area contributed by atoms with Crippen LogP contribution in [0.1, 0.15) is 35.8 Å². The number of piperidine rings is 1. The number of nitrogens with zero attached hydrogens (tertiary/aromatic N) is 2. The average molecular weight is 488 g/mol. The summed E-state index contributed by atoms with van der Waals surface area (Å²) >= 11 is 0. The number of amides is 1. The van der Waals surface area contributed by atoms with Gasteiger partial charge in [0.15, 0.2) is 5.82 Å². The van der Waals surface area contributed by atoms with Crippen LogP contribution in [0, 0.1) is 12.8 Å². The fourth-order valence-corrected chi connectivity index (χ4v) is 4.71. The zero-order chi connectivity index (χ0) is 24.9. The number of carbonyl (C=O) groups is 1. The van der Waals surface area contributed by atoms with Crippen molar-refractivity contribution in [2.24, 2.45) is 5.92 Å². The molecule has 3 heterocycles. The van der Waals surface area contributed by atoms with E-state index in [1.807, 2.05) is 55.5 Å². The number of ether oxygens (including phenoxy) is 1. The summed E-state index contributed by atoms with van der Waals surface area (Å²) in [6.45, 7) is 5.82. The molecule has 8 nitrogen and oxygen atoms in total. The first-order valence-electron chi connectivity index (χ1n) is 12.6. The molecule has 2 saturated heterocycles. The van der Waals surface area contributed by atoms with E-state index in [1.165, 1.54) is 0 Å². The van der Waals surface area contributed by atoms with Gasteiger partial charge in [-0.15, -0.1) is 0 Å². The predicted molar refractivity (Wildman–Crippen MR) is 139 cm³/mol. The van der Waals surface area contributed by atoms with Gasteiger partial charge in [-0.25, -0.2) is 9.97 Å². The fourth-order valence-electron chi connectivity index (χ4n) is 4.71. The lowest BCUT2D eigenvalue weighted by Crippen LogP contribution is -2.34. The Labute approximate surface area is 211 Å². The lowest BCUT2D eigenvalue weighted by atomic mass is 9.97. The monoisotopic (exact) mass is 487 g/mol. The number of aliphatic hydroxyl groups excluding tert-OH is 1. The Bertz CT molecular complexity index is 1220. The van der Waals surface area contributed by atoms with E-state index in [0.29, 0.717) is 19.0 Å². The maximum Gasteiger partial charge on any atom is 0.227 e. The van der Waals surface area contributed by atoms with Crippen molar-refractivity contribution in [3.05, 3.63) is 65.4 Å². The Hall–Kier alpha value is -3.17. The summed E-state index contributed by atoms with van der Waals surface area (Å²) in [6, 6.07) is 15.6. The highest BCUT2D eigenvalue weighted by molar-refractivity contribution is 5.94. The number of hydrogen-bond acceptors (Lipinski definition) is 7. The normalized spacial score (nSPS) is 18.7. The van der Waals surface area contributed by atoms with Gasteiger partial charge in [0.2, 0.25) is 5.91 Å². The Morgan fingerprint density at radius 3 is 2.69 bits per heavy atom. The van der Waals surface area contributed by atoms with Gasteiger partial charge in [-0.05, 0) is 62.2 Å². The smallest absolute Gasteiger partial charge is 0.227 e. The van der Waals surface area contributed by atoms with Crippen molar-refractivity contribution in [1.82, 2.24) is 20.6 Å². The van der Waals surface area contributed by atoms with Gasteiger partial charge in [0.05, 0.1) is 24.6 Å². The molecule has 2 fully saturated rings. The number of anilines is 1. The second kappa shape index (κ2) is 11.3. The largest absolute Gasteiger partial charge is 0.392 e. The van der Waals surface area contributed by atoms with E-state index >= 15 is 0 Å². The van der Waals surface area contributed by atoms with Crippen molar-refractivity contribution >= 4 is 11.6 Å². The van der Waals surface area contributed by atoms with Crippen molar-refractivity contribution in [2.45, 2.75) is 32.5 Å². The molecule has 1 unspecified atom stereocenters. The Kier molecular flexibility index (Phi) is 7.67. The van der Waals surface area contributed by atoms with Gasteiger partial charge >= 0.3 is 0 Å².